The van der Waals surface area contributed by atoms with Gasteiger partial charge in [-0.1, -0.05) is 31.9 Å². The molecule has 1 aromatic rings. The van der Waals surface area contributed by atoms with Gasteiger partial charge in [0.05, 0.1) is 5.69 Å². The van der Waals surface area contributed by atoms with Crippen LogP contribution in [0.15, 0.2) is 24.3 Å². The minimum absolute atomic E-state index is 0.0418. The van der Waals surface area contributed by atoms with E-state index in [4.69, 9.17) is 4.74 Å². The zero-order valence-corrected chi connectivity index (χ0v) is 13.2. The molecule has 1 fully saturated rings. The number of rotatable bonds is 5. The number of carbonyl (C=O) groups is 2. The number of ether oxygens (including phenoxy) is 1. The van der Waals surface area contributed by atoms with Crippen LogP contribution in [0.2, 0.25) is 0 Å². The summed E-state index contributed by atoms with van der Waals surface area (Å²) in [6.07, 6.45) is 4.61. The van der Waals surface area contributed by atoms with E-state index in [-0.39, 0.29) is 24.5 Å². The minimum atomic E-state index is -0.170. The second-order valence-corrected chi connectivity index (χ2v) is 5.90. The van der Waals surface area contributed by atoms with E-state index >= 15 is 0 Å². The van der Waals surface area contributed by atoms with Gasteiger partial charge in [-0.15, -0.1) is 0 Å². The molecule has 0 aliphatic heterocycles. The van der Waals surface area contributed by atoms with Crippen molar-refractivity contribution in [2.45, 2.75) is 45.6 Å². The molecule has 1 aromatic carbocycles. The molecule has 0 radical (unpaired) electrons. The Balaban J connectivity index is 1.87. The van der Waals surface area contributed by atoms with Crippen molar-refractivity contribution >= 4 is 17.5 Å². The Bertz CT molecular complexity index is 530. The lowest BCUT2D eigenvalue weighted by Gasteiger charge is -2.29. The molecule has 0 unspecified atom stereocenters. The predicted molar refractivity (Wildman–Crippen MR) is 85.8 cm³/mol. The highest BCUT2D eigenvalue weighted by molar-refractivity contribution is 5.90. The van der Waals surface area contributed by atoms with E-state index in [0.717, 1.165) is 12.8 Å². The number of hydrogen-bond donors (Lipinski definition) is 2. The van der Waals surface area contributed by atoms with E-state index in [1.165, 1.54) is 19.8 Å². The molecule has 0 spiro atoms. The second-order valence-electron chi connectivity index (χ2n) is 5.90. The number of anilines is 1. The summed E-state index contributed by atoms with van der Waals surface area (Å²) < 4.78 is 5.55. The molecule has 1 aliphatic rings. The van der Waals surface area contributed by atoms with Gasteiger partial charge < -0.3 is 15.4 Å². The summed E-state index contributed by atoms with van der Waals surface area (Å²) in [6, 6.07) is 7.35. The quantitative estimate of drug-likeness (QED) is 0.879. The molecule has 22 heavy (non-hydrogen) atoms. The lowest BCUT2D eigenvalue weighted by atomic mass is 9.86. The van der Waals surface area contributed by atoms with Crippen LogP contribution in [0.5, 0.6) is 5.75 Å². The molecule has 0 heterocycles. The molecule has 1 saturated carbocycles. The molecule has 0 bridgehead atoms. The van der Waals surface area contributed by atoms with E-state index in [9.17, 15) is 9.59 Å². The van der Waals surface area contributed by atoms with Crippen LogP contribution >= 0.6 is 0 Å². The van der Waals surface area contributed by atoms with Crippen molar-refractivity contribution in [2.24, 2.45) is 5.92 Å². The van der Waals surface area contributed by atoms with Crippen molar-refractivity contribution in [1.29, 1.82) is 0 Å². The van der Waals surface area contributed by atoms with Crippen LogP contribution in [0.4, 0.5) is 5.69 Å². The largest absolute Gasteiger partial charge is 0.482 e. The summed E-state index contributed by atoms with van der Waals surface area (Å²) >= 11 is 0. The molecule has 2 amide bonds. The maximum Gasteiger partial charge on any atom is 0.258 e. The Kier molecular flexibility index (Phi) is 5.81. The summed E-state index contributed by atoms with van der Waals surface area (Å²) in [4.78, 5) is 23.2. The average Bonchev–Trinajstić information content (AvgIpc) is 2.48. The zero-order valence-electron chi connectivity index (χ0n) is 13.2. The summed E-state index contributed by atoms with van der Waals surface area (Å²) in [5.74, 6) is 0.738. The summed E-state index contributed by atoms with van der Waals surface area (Å²) in [5.41, 5.74) is 0.578. The number of carbonyl (C=O) groups excluding carboxylic acids is 2. The van der Waals surface area contributed by atoms with Gasteiger partial charge in [0.15, 0.2) is 6.61 Å². The molecular weight excluding hydrogens is 280 g/mol. The van der Waals surface area contributed by atoms with Crippen LogP contribution in [0.3, 0.4) is 0 Å². The molecule has 120 valence electrons. The third-order valence-electron chi connectivity index (χ3n) is 4.01. The Morgan fingerprint density at radius 3 is 2.68 bits per heavy atom. The zero-order chi connectivity index (χ0) is 15.9. The average molecular weight is 304 g/mol. The van der Waals surface area contributed by atoms with Crippen LogP contribution in [0, 0.1) is 5.92 Å². The number of para-hydroxylation sites is 2. The van der Waals surface area contributed by atoms with Gasteiger partial charge in [0.25, 0.3) is 5.91 Å². The van der Waals surface area contributed by atoms with Gasteiger partial charge in [-0.05, 0) is 30.9 Å². The SMILES string of the molecule is CC(=O)Nc1ccccc1OCC(=O)N[C@H]1CCCC[C@@H]1C. The number of benzene rings is 1. The van der Waals surface area contributed by atoms with Crippen molar-refractivity contribution in [3.05, 3.63) is 24.3 Å². The predicted octanol–water partition coefficient (Wildman–Crippen LogP) is 2.72. The normalized spacial score (nSPS) is 21.0. The first-order chi connectivity index (χ1) is 10.6. The maximum atomic E-state index is 12.0. The highest BCUT2D eigenvalue weighted by Gasteiger charge is 2.22. The number of nitrogens with one attached hydrogen (secondary N) is 2. The van der Waals surface area contributed by atoms with E-state index in [1.807, 2.05) is 12.1 Å². The van der Waals surface area contributed by atoms with Crippen LogP contribution in [0.1, 0.15) is 39.5 Å². The van der Waals surface area contributed by atoms with E-state index in [0.29, 0.717) is 17.4 Å². The summed E-state index contributed by atoms with van der Waals surface area (Å²) in [7, 11) is 0. The molecule has 2 rings (SSSR count). The highest BCUT2D eigenvalue weighted by Crippen LogP contribution is 2.25. The van der Waals surface area contributed by atoms with Gasteiger partial charge in [-0.3, -0.25) is 9.59 Å². The Hall–Kier alpha value is -2.04. The fourth-order valence-corrected chi connectivity index (χ4v) is 2.81. The fraction of sp³-hybridized carbons (Fsp3) is 0.529. The Morgan fingerprint density at radius 2 is 1.95 bits per heavy atom. The van der Waals surface area contributed by atoms with Gasteiger partial charge in [0, 0.05) is 13.0 Å². The second kappa shape index (κ2) is 7.82. The Morgan fingerprint density at radius 1 is 1.23 bits per heavy atom. The maximum absolute atomic E-state index is 12.0. The van der Waals surface area contributed by atoms with Gasteiger partial charge >= 0.3 is 0 Å². The van der Waals surface area contributed by atoms with Gasteiger partial charge in [0.1, 0.15) is 5.75 Å². The third-order valence-corrected chi connectivity index (χ3v) is 4.01. The van der Waals surface area contributed by atoms with Crippen molar-refractivity contribution in [3.8, 4) is 5.75 Å². The Labute approximate surface area is 131 Å². The van der Waals surface area contributed by atoms with Crippen LogP contribution < -0.4 is 15.4 Å². The monoisotopic (exact) mass is 304 g/mol. The van der Waals surface area contributed by atoms with Crippen molar-refractivity contribution in [1.82, 2.24) is 5.32 Å². The number of hydrogen-bond acceptors (Lipinski definition) is 3. The van der Waals surface area contributed by atoms with Crippen molar-refractivity contribution in [3.63, 3.8) is 0 Å². The molecule has 0 saturated heterocycles. The standard InChI is InChI=1S/C17H24N2O3/c1-12-7-3-4-8-14(12)19-17(21)11-22-16-10-6-5-9-15(16)18-13(2)20/h5-6,9-10,12,14H,3-4,7-8,11H2,1-2H3,(H,18,20)(H,19,21)/t12-,14-/m0/s1. The smallest absolute Gasteiger partial charge is 0.258 e. The fourth-order valence-electron chi connectivity index (χ4n) is 2.81. The molecule has 5 heteroatoms. The van der Waals surface area contributed by atoms with Gasteiger partial charge in [-0.2, -0.15) is 0 Å². The highest BCUT2D eigenvalue weighted by atomic mass is 16.5. The van der Waals surface area contributed by atoms with Crippen molar-refractivity contribution in [2.75, 3.05) is 11.9 Å². The van der Waals surface area contributed by atoms with Gasteiger partial charge in [-0.25, -0.2) is 0 Å². The first-order valence-electron chi connectivity index (χ1n) is 7.85. The first kappa shape index (κ1) is 16.3. The minimum Gasteiger partial charge on any atom is -0.482 e. The van der Waals surface area contributed by atoms with Crippen LogP contribution in [-0.2, 0) is 9.59 Å². The lowest BCUT2D eigenvalue weighted by molar-refractivity contribution is -0.124. The third kappa shape index (κ3) is 4.76. The van der Waals surface area contributed by atoms with E-state index in [1.54, 1.807) is 12.1 Å². The number of amides is 2. The summed E-state index contributed by atoms with van der Waals surface area (Å²) in [5, 5.41) is 5.74. The topological polar surface area (TPSA) is 67.4 Å². The van der Waals surface area contributed by atoms with E-state index in [2.05, 4.69) is 17.6 Å². The molecule has 5 nitrogen and oxygen atoms in total. The lowest BCUT2D eigenvalue weighted by Crippen LogP contribution is -2.43. The molecular formula is C17H24N2O3. The molecule has 2 N–H and O–H groups in total. The first-order valence-corrected chi connectivity index (χ1v) is 7.85. The van der Waals surface area contributed by atoms with E-state index < -0.39 is 0 Å². The summed E-state index contributed by atoms with van der Waals surface area (Å²) in [6.45, 7) is 3.57. The van der Waals surface area contributed by atoms with Crippen LogP contribution in [-0.4, -0.2) is 24.5 Å². The molecule has 1 aliphatic carbocycles. The van der Waals surface area contributed by atoms with Gasteiger partial charge in [0.2, 0.25) is 5.91 Å². The molecule has 0 aromatic heterocycles. The van der Waals surface area contributed by atoms with Crippen molar-refractivity contribution < 1.29 is 14.3 Å². The molecule has 2 atom stereocenters. The van der Waals surface area contributed by atoms with Crippen LogP contribution in [0.25, 0.3) is 0 Å².